The van der Waals surface area contributed by atoms with Crippen LogP contribution in [0.5, 0.6) is 0 Å². The van der Waals surface area contributed by atoms with Crippen LogP contribution in [0.25, 0.3) is 0 Å². The Hall–Kier alpha value is -1.14. The SMILES string of the molecule is CC1(C)[C@@H]2CC(O[P+](=O)c3ccccc3)=C[C@H]1C2. The van der Waals surface area contributed by atoms with Gasteiger partial charge in [-0.3, -0.25) is 4.52 Å². The minimum Gasteiger partial charge on any atom is -0.255 e. The summed E-state index contributed by atoms with van der Waals surface area (Å²) in [4.78, 5) is 0. The first-order valence-corrected chi connectivity index (χ1v) is 7.66. The van der Waals surface area contributed by atoms with E-state index in [1.165, 1.54) is 6.42 Å². The highest BCUT2D eigenvalue weighted by Crippen LogP contribution is 2.58. The molecular formula is C15H18O2P+. The normalized spacial score (nSPS) is 29.0. The fourth-order valence-corrected chi connectivity index (χ4v) is 3.87. The maximum atomic E-state index is 12.1. The zero-order valence-corrected chi connectivity index (χ0v) is 11.7. The molecule has 1 aromatic rings. The molecule has 3 heteroatoms. The molecule has 0 radical (unpaired) electrons. The molecule has 94 valence electrons. The lowest BCUT2D eigenvalue weighted by Gasteiger charge is -2.54. The predicted octanol–water partition coefficient (Wildman–Crippen LogP) is 4.02. The number of hydrogen-bond donors (Lipinski definition) is 0. The van der Waals surface area contributed by atoms with Gasteiger partial charge in [0.05, 0.1) is 0 Å². The Labute approximate surface area is 109 Å². The Morgan fingerprint density at radius 2 is 2.00 bits per heavy atom. The second kappa shape index (κ2) is 4.20. The van der Waals surface area contributed by atoms with E-state index in [2.05, 4.69) is 19.9 Å². The molecule has 0 amide bonds. The lowest BCUT2D eigenvalue weighted by molar-refractivity contribution is -0.0107. The Morgan fingerprint density at radius 3 is 2.56 bits per heavy atom. The molecule has 2 bridgehead atoms. The van der Waals surface area contributed by atoms with Gasteiger partial charge in [0.2, 0.25) is 5.30 Å². The van der Waals surface area contributed by atoms with Gasteiger partial charge in [0, 0.05) is 6.42 Å². The highest BCUT2D eigenvalue weighted by Gasteiger charge is 2.51. The van der Waals surface area contributed by atoms with Gasteiger partial charge in [-0.25, -0.2) is 0 Å². The molecule has 3 atom stereocenters. The molecule has 3 aliphatic rings. The van der Waals surface area contributed by atoms with Crippen LogP contribution in [0, 0.1) is 17.3 Å². The van der Waals surface area contributed by atoms with Gasteiger partial charge in [0.25, 0.3) is 0 Å². The summed E-state index contributed by atoms with van der Waals surface area (Å²) < 4.78 is 17.7. The number of fused-ring (bicyclic) bond motifs is 1. The fraction of sp³-hybridized carbons (Fsp3) is 0.467. The van der Waals surface area contributed by atoms with Crippen LogP contribution < -0.4 is 5.30 Å². The van der Waals surface area contributed by atoms with Gasteiger partial charge >= 0.3 is 8.03 Å². The maximum Gasteiger partial charge on any atom is 0.596 e. The second-order valence-electron chi connectivity index (χ2n) is 5.88. The number of hydrogen-bond acceptors (Lipinski definition) is 2. The maximum absolute atomic E-state index is 12.1. The molecule has 0 spiro atoms. The Morgan fingerprint density at radius 1 is 1.28 bits per heavy atom. The van der Waals surface area contributed by atoms with Gasteiger partial charge < -0.3 is 0 Å². The van der Waals surface area contributed by atoms with Crippen LogP contribution >= 0.6 is 8.03 Å². The van der Waals surface area contributed by atoms with E-state index in [-0.39, 0.29) is 0 Å². The van der Waals surface area contributed by atoms with E-state index < -0.39 is 8.03 Å². The first-order chi connectivity index (χ1) is 8.57. The Bertz CT molecular complexity index is 504. The molecule has 3 aliphatic carbocycles. The van der Waals surface area contributed by atoms with Gasteiger partial charge in [-0.15, -0.1) is 0 Å². The van der Waals surface area contributed by atoms with E-state index in [1.807, 2.05) is 30.3 Å². The highest BCUT2D eigenvalue weighted by molar-refractivity contribution is 7.48. The summed E-state index contributed by atoms with van der Waals surface area (Å²) in [5.41, 5.74) is 0.408. The molecule has 0 saturated heterocycles. The number of allylic oxidation sites excluding steroid dienone is 2. The van der Waals surface area contributed by atoms with Crippen molar-refractivity contribution in [1.82, 2.24) is 0 Å². The van der Waals surface area contributed by atoms with E-state index >= 15 is 0 Å². The average Bonchev–Trinajstić information content (AvgIpc) is 2.40. The highest BCUT2D eigenvalue weighted by atomic mass is 31.1. The summed E-state index contributed by atoms with van der Waals surface area (Å²) in [6.45, 7) is 4.63. The van der Waals surface area contributed by atoms with Crippen LogP contribution in [0.2, 0.25) is 0 Å². The topological polar surface area (TPSA) is 26.3 Å². The lowest BCUT2D eigenvalue weighted by atomic mass is 9.51. The van der Waals surface area contributed by atoms with Crippen molar-refractivity contribution in [1.29, 1.82) is 0 Å². The van der Waals surface area contributed by atoms with Crippen molar-refractivity contribution in [2.75, 3.05) is 0 Å². The molecule has 1 saturated carbocycles. The number of benzene rings is 1. The van der Waals surface area contributed by atoms with Crippen LogP contribution in [0.1, 0.15) is 26.7 Å². The fourth-order valence-electron chi connectivity index (χ4n) is 3.00. The predicted molar refractivity (Wildman–Crippen MR) is 72.8 cm³/mol. The smallest absolute Gasteiger partial charge is 0.255 e. The van der Waals surface area contributed by atoms with E-state index in [9.17, 15) is 4.57 Å². The summed E-state index contributed by atoms with van der Waals surface area (Å²) >= 11 is 0. The summed E-state index contributed by atoms with van der Waals surface area (Å²) in [7, 11) is -1.75. The van der Waals surface area contributed by atoms with Crippen LogP contribution in [0.3, 0.4) is 0 Å². The van der Waals surface area contributed by atoms with E-state index in [0.29, 0.717) is 17.3 Å². The van der Waals surface area contributed by atoms with Gasteiger partial charge in [-0.1, -0.05) is 32.0 Å². The van der Waals surface area contributed by atoms with Crippen LogP contribution in [-0.4, -0.2) is 0 Å². The third-order valence-corrected chi connectivity index (χ3v) is 5.67. The quantitative estimate of drug-likeness (QED) is 0.768. The van der Waals surface area contributed by atoms with Crippen molar-refractivity contribution in [3.63, 3.8) is 0 Å². The molecule has 4 rings (SSSR count). The molecule has 0 aromatic heterocycles. The summed E-state index contributed by atoms with van der Waals surface area (Å²) in [5, 5.41) is 0.770. The third kappa shape index (κ3) is 1.89. The first-order valence-electron chi connectivity index (χ1n) is 6.48. The Kier molecular flexibility index (Phi) is 2.79. The van der Waals surface area contributed by atoms with Gasteiger partial charge in [0.1, 0.15) is 0 Å². The van der Waals surface area contributed by atoms with Crippen molar-refractivity contribution < 1.29 is 9.09 Å². The summed E-state index contributed by atoms with van der Waals surface area (Å²) in [6, 6.07) is 9.41. The summed E-state index contributed by atoms with van der Waals surface area (Å²) in [6.07, 6.45) is 4.40. The van der Waals surface area contributed by atoms with Crippen molar-refractivity contribution in [3.05, 3.63) is 42.2 Å². The van der Waals surface area contributed by atoms with Crippen molar-refractivity contribution in [2.24, 2.45) is 17.3 Å². The monoisotopic (exact) mass is 261 g/mol. The molecule has 0 aliphatic heterocycles. The van der Waals surface area contributed by atoms with Crippen LogP contribution in [-0.2, 0) is 9.09 Å². The zero-order valence-electron chi connectivity index (χ0n) is 10.8. The average molecular weight is 261 g/mol. The second-order valence-corrected chi connectivity index (χ2v) is 7.09. The minimum atomic E-state index is -1.75. The molecular weight excluding hydrogens is 243 g/mol. The van der Waals surface area contributed by atoms with Crippen LogP contribution in [0.4, 0.5) is 0 Å². The van der Waals surface area contributed by atoms with Gasteiger partial charge in [-0.05, 0) is 46.4 Å². The van der Waals surface area contributed by atoms with Crippen molar-refractivity contribution >= 4 is 13.3 Å². The lowest BCUT2D eigenvalue weighted by Crippen LogP contribution is -2.46. The van der Waals surface area contributed by atoms with Gasteiger partial charge in [-0.2, -0.15) is 0 Å². The third-order valence-electron chi connectivity index (χ3n) is 4.55. The zero-order chi connectivity index (χ0) is 12.8. The molecule has 0 heterocycles. The van der Waals surface area contributed by atoms with E-state index in [4.69, 9.17) is 4.52 Å². The van der Waals surface area contributed by atoms with Crippen molar-refractivity contribution in [3.8, 4) is 0 Å². The minimum absolute atomic E-state index is 0.408. The molecule has 2 nitrogen and oxygen atoms in total. The van der Waals surface area contributed by atoms with E-state index in [1.54, 1.807) is 0 Å². The molecule has 1 aromatic carbocycles. The standard InChI is InChI=1S/C15H18O2P/c1-15(2)11-8-12(15)10-13(9-11)17-18(16)14-6-4-3-5-7-14/h3-7,9,11-12H,8,10H2,1-2H3/q+1/t11-,12+/m1/s1. The molecule has 18 heavy (non-hydrogen) atoms. The molecule has 1 unspecified atom stereocenters. The first kappa shape index (κ1) is 11.9. The number of rotatable bonds is 3. The summed E-state index contributed by atoms with van der Waals surface area (Å²) in [5.74, 6) is 2.23. The van der Waals surface area contributed by atoms with Gasteiger partial charge in [0.15, 0.2) is 5.76 Å². The Balaban J connectivity index is 1.71. The largest absolute Gasteiger partial charge is 0.596 e. The van der Waals surface area contributed by atoms with E-state index in [0.717, 1.165) is 17.5 Å². The van der Waals surface area contributed by atoms with Crippen molar-refractivity contribution in [2.45, 2.75) is 26.7 Å². The van der Waals surface area contributed by atoms with Crippen LogP contribution in [0.15, 0.2) is 42.2 Å². The molecule has 0 N–H and O–H groups in total. The molecule has 1 fully saturated rings.